The Labute approximate surface area is 116 Å². The van der Waals surface area contributed by atoms with Gasteiger partial charge in [0.05, 0.1) is 5.69 Å². The summed E-state index contributed by atoms with van der Waals surface area (Å²) in [6.07, 6.45) is -2.67. The van der Waals surface area contributed by atoms with Gasteiger partial charge in [-0.25, -0.2) is 13.2 Å². The van der Waals surface area contributed by atoms with Gasteiger partial charge in [0.2, 0.25) is 0 Å². The van der Waals surface area contributed by atoms with E-state index >= 15 is 0 Å². The maximum atomic E-state index is 13.1. The van der Waals surface area contributed by atoms with Gasteiger partial charge in [-0.1, -0.05) is 0 Å². The van der Waals surface area contributed by atoms with Gasteiger partial charge in [0.15, 0.2) is 0 Å². The lowest BCUT2D eigenvalue weighted by Crippen LogP contribution is -1.99. The first-order valence-electron chi connectivity index (χ1n) is 5.37. The van der Waals surface area contributed by atoms with Crippen LogP contribution in [0.25, 0.3) is 0 Å². The lowest BCUT2D eigenvalue weighted by molar-refractivity contribution is 0.152. The zero-order chi connectivity index (χ0) is 14.0. The van der Waals surface area contributed by atoms with E-state index in [-0.39, 0.29) is 16.9 Å². The third-order valence-electron chi connectivity index (χ3n) is 2.51. The number of nitrogen functional groups attached to an aromatic ring is 1. The predicted molar refractivity (Wildman–Crippen MR) is 73.2 cm³/mol. The highest BCUT2D eigenvalue weighted by molar-refractivity contribution is 9.10. The second-order valence-corrected chi connectivity index (χ2v) is 4.75. The van der Waals surface area contributed by atoms with Crippen molar-refractivity contribution in [1.29, 1.82) is 0 Å². The molecule has 0 saturated heterocycles. The SMILES string of the molecule is Nc1ccc(Nc2cc(F)ccc2Br)c(C(F)F)c1. The molecule has 0 spiro atoms. The number of benzene rings is 2. The maximum absolute atomic E-state index is 13.1. The van der Waals surface area contributed by atoms with Crippen molar-refractivity contribution in [2.45, 2.75) is 6.43 Å². The number of halogens is 4. The normalized spacial score (nSPS) is 10.8. The summed E-state index contributed by atoms with van der Waals surface area (Å²) in [7, 11) is 0. The average Bonchev–Trinajstić information content (AvgIpc) is 2.35. The summed E-state index contributed by atoms with van der Waals surface area (Å²) < 4.78 is 39.5. The van der Waals surface area contributed by atoms with Crippen LogP contribution in [0.15, 0.2) is 40.9 Å². The van der Waals surface area contributed by atoms with Gasteiger partial charge in [-0.2, -0.15) is 0 Å². The molecule has 0 fully saturated rings. The lowest BCUT2D eigenvalue weighted by atomic mass is 10.1. The summed E-state index contributed by atoms with van der Waals surface area (Å²) in [6, 6.07) is 8.12. The molecular weight excluding hydrogens is 321 g/mol. The Bertz CT molecular complexity index is 602. The Morgan fingerprint density at radius 3 is 2.47 bits per heavy atom. The van der Waals surface area contributed by atoms with E-state index < -0.39 is 12.2 Å². The monoisotopic (exact) mass is 330 g/mol. The van der Waals surface area contributed by atoms with Gasteiger partial charge in [0, 0.05) is 21.4 Å². The first kappa shape index (κ1) is 13.7. The van der Waals surface area contributed by atoms with Crippen LogP contribution in [0.4, 0.5) is 30.2 Å². The standard InChI is InChI=1S/C13H10BrF3N2/c14-10-3-1-7(15)5-12(10)19-11-4-2-8(18)6-9(11)13(16)17/h1-6,13,19H,18H2. The van der Waals surface area contributed by atoms with Crippen molar-refractivity contribution in [2.75, 3.05) is 11.1 Å². The molecule has 0 aliphatic rings. The third-order valence-corrected chi connectivity index (χ3v) is 3.20. The van der Waals surface area contributed by atoms with E-state index in [9.17, 15) is 13.2 Å². The molecule has 0 radical (unpaired) electrons. The molecule has 6 heteroatoms. The van der Waals surface area contributed by atoms with Crippen LogP contribution >= 0.6 is 15.9 Å². The fraction of sp³-hybridized carbons (Fsp3) is 0.0769. The van der Waals surface area contributed by atoms with Crippen molar-refractivity contribution in [1.82, 2.24) is 0 Å². The van der Waals surface area contributed by atoms with E-state index in [2.05, 4.69) is 21.2 Å². The Morgan fingerprint density at radius 2 is 1.79 bits per heavy atom. The first-order chi connectivity index (χ1) is 8.97. The van der Waals surface area contributed by atoms with E-state index in [1.54, 1.807) is 0 Å². The Hall–Kier alpha value is -1.69. The minimum atomic E-state index is -2.67. The topological polar surface area (TPSA) is 38.0 Å². The van der Waals surface area contributed by atoms with E-state index in [0.717, 1.165) is 0 Å². The van der Waals surface area contributed by atoms with E-state index in [4.69, 9.17) is 5.73 Å². The Kier molecular flexibility index (Phi) is 3.99. The van der Waals surface area contributed by atoms with Gasteiger partial charge in [0.1, 0.15) is 5.82 Å². The largest absolute Gasteiger partial charge is 0.399 e. The molecule has 0 amide bonds. The maximum Gasteiger partial charge on any atom is 0.265 e. The van der Waals surface area contributed by atoms with Crippen LogP contribution in [0.1, 0.15) is 12.0 Å². The molecule has 0 bridgehead atoms. The quantitative estimate of drug-likeness (QED) is 0.789. The smallest absolute Gasteiger partial charge is 0.265 e. The first-order valence-corrected chi connectivity index (χ1v) is 6.16. The third kappa shape index (κ3) is 3.20. The van der Waals surface area contributed by atoms with Gasteiger partial charge in [0.25, 0.3) is 6.43 Å². The van der Waals surface area contributed by atoms with Crippen LogP contribution in [-0.2, 0) is 0 Å². The zero-order valence-electron chi connectivity index (χ0n) is 9.63. The van der Waals surface area contributed by atoms with Crippen LogP contribution in [0.5, 0.6) is 0 Å². The molecule has 0 aliphatic heterocycles. The highest BCUT2D eigenvalue weighted by atomic mass is 79.9. The van der Waals surface area contributed by atoms with E-state index in [1.165, 1.54) is 36.4 Å². The highest BCUT2D eigenvalue weighted by Gasteiger charge is 2.14. The highest BCUT2D eigenvalue weighted by Crippen LogP contribution is 2.33. The molecule has 0 aliphatic carbocycles. The molecule has 19 heavy (non-hydrogen) atoms. The number of hydrogen-bond donors (Lipinski definition) is 2. The minimum Gasteiger partial charge on any atom is -0.399 e. The molecular formula is C13H10BrF3N2. The molecule has 0 heterocycles. The van der Waals surface area contributed by atoms with Crippen molar-refractivity contribution in [3.8, 4) is 0 Å². The Balaban J connectivity index is 2.40. The summed E-state index contributed by atoms with van der Waals surface area (Å²) >= 11 is 3.22. The minimum absolute atomic E-state index is 0.190. The van der Waals surface area contributed by atoms with Gasteiger partial charge in [-0.3, -0.25) is 0 Å². The van der Waals surface area contributed by atoms with Crippen molar-refractivity contribution >= 4 is 33.0 Å². The van der Waals surface area contributed by atoms with Gasteiger partial charge < -0.3 is 11.1 Å². The number of rotatable bonds is 3. The molecule has 2 aromatic carbocycles. The van der Waals surface area contributed by atoms with Crippen LogP contribution in [-0.4, -0.2) is 0 Å². The summed E-state index contributed by atoms with van der Waals surface area (Å²) in [5, 5.41) is 2.77. The van der Waals surface area contributed by atoms with E-state index in [0.29, 0.717) is 10.2 Å². The molecule has 2 rings (SSSR count). The molecule has 0 unspecified atom stereocenters. The lowest BCUT2D eigenvalue weighted by Gasteiger charge is -2.13. The van der Waals surface area contributed by atoms with Crippen molar-refractivity contribution in [2.24, 2.45) is 0 Å². The van der Waals surface area contributed by atoms with Crippen molar-refractivity contribution in [3.05, 3.63) is 52.3 Å². The number of nitrogens with one attached hydrogen (secondary N) is 1. The Morgan fingerprint density at radius 1 is 1.05 bits per heavy atom. The average molecular weight is 331 g/mol. The summed E-state index contributed by atoms with van der Waals surface area (Å²) in [5.41, 5.74) is 6.06. The number of alkyl halides is 2. The van der Waals surface area contributed by atoms with Crippen LogP contribution < -0.4 is 11.1 Å². The van der Waals surface area contributed by atoms with Crippen LogP contribution in [0.3, 0.4) is 0 Å². The molecule has 2 aromatic rings. The number of nitrogens with two attached hydrogens (primary N) is 1. The predicted octanol–water partition coefficient (Wildman–Crippen LogP) is 4.85. The summed E-state index contributed by atoms with van der Waals surface area (Å²) in [6.45, 7) is 0. The molecule has 3 N–H and O–H groups in total. The van der Waals surface area contributed by atoms with Crippen molar-refractivity contribution in [3.63, 3.8) is 0 Å². The van der Waals surface area contributed by atoms with Gasteiger partial charge in [-0.05, 0) is 52.3 Å². The summed E-state index contributed by atoms with van der Waals surface area (Å²) in [5.74, 6) is -0.459. The molecule has 2 nitrogen and oxygen atoms in total. The number of hydrogen-bond acceptors (Lipinski definition) is 2. The number of anilines is 3. The fourth-order valence-electron chi connectivity index (χ4n) is 1.61. The zero-order valence-corrected chi connectivity index (χ0v) is 11.2. The van der Waals surface area contributed by atoms with Gasteiger partial charge in [-0.15, -0.1) is 0 Å². The molecule has 0 saturated carbocycles. The van der Waals surface area contributed by atoms with Gasteiger partial charge >= 0.3 is 0 Å². The van der Waals surface area contributed by atoms with E-state index in [1.807, 2.05) is 0 Å². The van der Waals surface area contributed by atoms with Crippen LogP contribution in [0.2, 0.25) is 0 Å². The second-order valence-electron chi connectivity index (χ2n) is 3.90. The van der Waals surface area contributed by atoms with Crippen LogP contribution in [0, 0.1) is 5.82 Å². The second kappa shape index (κ2) is 5.52. The molecule has 100 valence electrons. The molecule has 0 atom stereocenters. The molecule has 0 aromatic heterocycles. The van der Waals surface area contributed by atoms with Crippen molar-refractivity contribution < 1.29 is 13.2 Å². The fourth-order valence-corrected chi connectivity index (χ4v) is 1.96. The summed E-state index contributed by atoms with van der Waals surface area (Å²) in [4.78, 5) is 0.